The van der Waals surface area contributed by atoms with Crippen LogP contribution in [-0.2, 0) is 17.9 Å². The van der Waals surface area contributed by atoms with Crippen molar-refractivity contribution in [3.63, 3.8) is 0 Å². The standard InChI is InChI=1S/C14H12N4O2/c15-8-10-4-6-11(7-5-10)9-19-16-12-2-1-3-13-14(12)18-20-17-13/h2,4-7,16H,1,3,9H2. The molecule has 100 valence electrons. The van der Waals surface area contributed by atoms with Crippen LogP contribution in [-0.4, -0.2) is 10.3 Å². The number of nitrogens with one attached hydrogen (secondary N) is 1. The summed E-state index contributed by atoms with van der Waals surface area (Å²) in [7, 11) is 0. The van der Waals surface area contributed by atoms with Crippen LogP contribution in [0.5, 0.6) is 0 Å². The molecule has 0 aliphatic heterocycles. The van der Waals surface area contributed by atoms with Crippen molar-refractivity contribution in [2.75, 3.05) is 0 Å². The van der Waals surface area contributed by atoms with Gasteiger partial charge in [-0.25, -0.2) is 4.63 Å². The molecule has 0 amide bonds. The summed E-state index contributed by atoms with van der Waals surface area (Å²) in [5.41, 5.74) is 6.81. The zero-order valence-corrected chi connectivity index (χ0v) is 10.7. The molecule has 1 N–H and O–H groups in total. The van der Waals surface area contributed by atoms with Crippen LogP contribution in [0.25, 0.3) is 5.70 Å². The first-order valence-electron chi connectivity index (χ1n) is 6.25. The van der Waals surface area contributed by atoms with Crippen molar-refractivity contribution in [1.29, 1.82) is 5.26 Å². The van der Waals surface area contributed by atoms with Crippen molar-refractivity contribution in [2.24, 2.45) is 0 Å². The van der Waals surface area contributed by atoms with Crippen molar-refractivity contribution in [3.8, 4) is 6.07 Å². The Hall–Kier alpha value is -2.65. The Bertz CT molecular complexity index is 667. The number of nitriles is 1. The van der Waals surface area contributed by atoms with Crippen molar-refractivity contribution in [1.82, 2.24) is 15.8 Å². The summed E-state index contributed by atoms with van der Waals surface area (Å²) in [6.45, 7) is 0.393. The van der Waals surface area contributed by atoms with Gasteiger partial charge < -0.3 is 0 Å². The van der Waals surface area contributed by atoms with E-state index in [1.54, 1.807) is 12.1 Å². The summed E-state index contributed by atoms with van der Waals surface area (Å²) in [5.74, 6) is 0. The molecule has 6 nitrogen and oxygen atoms in total. The highest BCUT2D eigenvalue weighted by Gasteiger charge is 2.18. The number of hydroxylamine groups is 1. The van der Waals surface area contributed by atoms with Gasteiger partial charge in [0.1, 0.15) is 5.69 Å². The molecular formula is C14H12N4O2. The van der Waals surface area contributed by atoms with Gasteiger partial charge in [0.15, 0.2) is 5.69 Å². The van der Waals surface area contributed by atoms with E-state index in [2.05, 4.69) is 21.9 Å². The van der Waals surface area contributed by atoms with Crippen LogP contribution in [0.1, 0.15) is 28.9 Å². The summed E-state index contributed by atoms with van der Waals surface area (Å²) in [6.07, 6.45) is 3.72. The number of hydrogen-bond acceptors (Lipinski definition) is 6. The fourth-order valence-electron chi connectivity index (χ4n) is 1.99. The third kappa shape index (κ3) is 2.53. The summed E-state index contributed by atoms with van der Waals surface area (Å²) >= 11 is 0. The number of aryl methyl sites for hydroxylation is 1. The maximum absolute atomic E-state index is 8.72. The molecule has 3 rings (SSSR count). The number of allylic oxidation sites excluding steroid dienone is 1. The Kier molecular flexibility index (Phi) is 3.44. The lowest BCUT2D eigenvalue weighted by Gasteiger charge is -2.12. The van der Waals surface area contributed by atoms with Crippen LogP contribution >= 0.6 is 0 Å². The third-order valence-corrected chi connectivity index (χ3v) is 3.05. The Morgan fingerprint density at radius 2 is 2.15 bits per heavy atom. The van der Waals surface area contributed by atoms with Gasteiger partial charge in [0.05, 0.1) is 23.9 Å². The normalized spacial score (nSPS) is 13.2. The summed E-state index contributed by atoms with van der Waals surface area (Å²) in [5, 5.41) is 16.4. The molecule has 1 heterocycles. The van der Waals surface area contributed by atoms with Gasteiger partial charge in [-0.3, -0.25) is 10.3 Å². The first-order valence-corrected chi connectivity index (χ1v) is 6.25. The molecule has 6 heteroatoms. The topological polar surface area (TPSA) is 84.0 Å². The zero-order chi connectivity index (χ0) is 13.8. The molecule has 2 aromatic rings. The van der Waals surface area contributed by atoms with Crippen LogP contribution in [0.2, 0.25) is 0 Å². The zero-order valence-electron chi connectivity index (χ0n) is 10.7. The highest BCUT2D eigenvalue weighted by Crippen LogP contribution is 2.21. The van der Waals surface area contributed by atoms with E-state index in [0.717, 1.165) is 29.8 Å². The molecule has 1 aliphatic rings. The van der Waals surface area contributed by atoms with Crippen LogP contribution in [0.15, 0.2) is 35.0 Å². The molecule has 1 aliphatic carbocycles. The maximum Gasteiger partial charge on any atom is 0.156 e. The predicted molar refractivity (Wildman–Crippen MR) is 69.7 cm³/mol. The molecule has 0 fully saturated rings. The van der Waals surface area contributed by atoms with E-state index < -0.39 is 0 Å². The molecule has 0 saturated heterocycles. The molecule has 0 atom stereocenters. The maximum atomic E-state index is 8.72. The summed E-state index contributed by atoms with van der Waals surface area (Å²) < 4.78 is 4.72. The van der Waals surface area contributed by atoms with Crippen LogP contribution in [0.4, 0.5) is 0 Å². The highest BCUT2D eigenvalue weighted by atomic mass is 16.6. The fraction of sp³-hybridized carbons (Fsp3) is 0.214. The lowest BCUT2D eigenvalue weighted by atomic mass is 10.1. The van der Waals surface area contributed by atoms with E-state index in [4.69, 9.17) is 14.7 Å². The minimum atomic E-state index is 0.393. The molecular weight excluding hydrogens is 256 g/mol. The Morgan fingerprint density at radius 3 is 2.95 bits per heavy atom. The monoisotopic (exact) mass is 268 g/mol. The summed E-state index contributed by atoms with van der Waals surface area (Å²) in [6, 6.07) is 9.32. The van der Waals surface area contributed by atoms with E-state index in [1.165, 1.54) is 0 Å². The molecule has 0 bridgehead atoms. The molecule has 1 aromatic carbocycles. The first-order chi connectivity index (χ1) is 9.86. The number of benzene rings is 1. The van der Waals surface area contributed by atoms with Gasteiger partial charge in [-0.15, -0.1) is 0 Å². The lowest BCUT2D eigenvalue weighted by Crippen LogP contribution is -2.16. The molecule has 0 spiro atoms. The van der Waals surface area contributed by atoms with Gasteiger partial charge in [-0.2, -0.15) is 5.26 Å². The van der Waals surface area contributed by atoms with Gasteiger partial charge in [-0.05, 0) is 35.7 Å². The number of aromatic nitrogens is 2. The molecule has 0 radical (unpaired) electrons. The number of nitrogens with zero attached hydrogens (tertiary/aromatic N) is 3. The Labute approximate surface area is 115 Å². The van der Waals surface area contributed by atoms with Crippen molar-refractivity contribution in [3.05, 3.63) is 52.9 Å². The van der Waals surface area contributed by atoms with E-state index in [9.17, 15) is 0 Å². The van der Waals surface area contributed by atoms with Gasteiger partial charge in [-0.1, -0.05) is 23.4 Å². The molecule has 0 unspecified atom stereocenters. The van der Waals surface area contributed by atoms with Crippen molar-refractivity contribution < 1.29 is 9.47 Å². The SMILES string of the molecule is N#Cc1ccc(CONC2=CCCc3nonc32)cc1. The number of rotatable bonds is 4. The predicted octanol–water partition coefficient (Wildman–Crippen LogP) is 1.95. The van der Waals surface area contributed by atoms with Crippen LogP contribution in [0.3, 0.4) is 0 Å². The van der Waals surface area contributed by atoms with E-state index >= 15 is 0 Å². The number of hydrogen-bond donors (Lipinski definition) is 1. The van der Waals surface area contributed by atoms with Crippen molar-refractivity contribution >= 4 is 5.70 Å². The van der Waals surface area contributed by atoms with E-state index in [-0.39, 0.29) is 0 Å². The van der Waals surface area contributed by atoms with Gasteiger partial charge in [0.2, 0.25) is 0 Å². The highest BCUT2D eigenvalue weighted by molar-refractivity contribution is 5.62. The fourth-order valence-corrected chi connectivity index (χ4v) is 1.99. The summed E-state index contributed by atoms with van der Waals surface area (Å²) in [4.78, 5) is 5.45. The molecule has 20 heavy (non-hydrogen) atoms. The molecule has 0 saturated carbocycles. The van der Waals surface area contributed by atoms with E-state index in [1.807, 2.05) is 18.2 Å². The van der Waals surface area contributed by atoms with Gasteiger partial charge >= 0.3 is 0 Å². The minimum Gasteiger partial charge on any atom is -0.271 e. The Balaban J connectivity index is 1.58. The average Bonchev–Trinajstić information content (AvgIpc) is 2.97. The second-order valence-corrected chi connectivity index (χ2v) is 4.42. The second kappa shape index (κ2) is 5.55. The lowest BCUT2D eigenvalue weighted by molar-refractivity contribution is 0.0639. The average molecular weight is 268 g/mol. The number of fused-ring (bicyclic) bond motifs is 1. The largest absolute Gasteiger partial charge is 0.271 e. The van der Waals surface area contributed by atoms with Crippen LogP contribution < -0.4 is 5.48 Å². The first kappa shape index (κ1) is 12.4. The Morgan fingerprint density at radius 1 is 1.30 bits per heavy atom. The minimum absolute atomic E-state index is 0.393. The van der Waals surface area contributed by atoms with Gasteiger partial charge in [0, 0.05) is 0 Å². The van der Waals surface area contributed by atoms with Crippen molar-refractivity contribution in [2.45, 2.75) is 19.4 Å². The van der Waals surface area contributed by atoms with Crippen LogP contribution in [0, 0.1) is 11.3 Å². The molecule has 1 aromatic heterocycles. The van der Waals surface area contributed by atoms with Gasteiger partial charge in [0.25, 0.3) is 0 Å². The van der Waals surface area contributed by atoms with E-state index in [0.29, 0.717) is 17.9 Å². The smallest absolute Gasteiger partial charge is 0.156 e. The third-order valence-electron chi connectivity index (χ3n) is 3.05. The second-order valence-electron chi connectivity index (χ2n) is 4.42. The quantitative estimate of drug-likeness (QED) is 0.853.